The maximum atomic E-state index is 12.7. The van der Waals surface area contributed by atoms with Gasteiger partial charge in [-0.15, -0.1) is 0 Å². The molecule has 1 N–H and O–H groups in total. The lowest BCUT2D eigenvalue weighted by molar-refractivity contribution is -0.130. The summed E-state index contributed by atoms with van der Waals surface area (Å²) in [6.45, 7) is 5.15. The molecule has 1 fully saturated rings. The molecule has 1 amide bonds. The minimum atomic E-state index is 0.0240. The summed E-state index contributed by atoms with van der Waals surface area (Å²) in [6.07, 6.45) is 10.1. The minimum absolute atomic E-state index is 0.0240. The van der Waals surface area contributed by atoms with Crippen LogP contribution in [0.15, 0.2) is 59.7 Å². The first kappa shape index (κ1) is 21.4. The highest BCUT2D eigenvalue weighted by molar-refractivity contribution is 5.96. The van der Waals surface area contributed by atoms with Crippen LogP contribution in [0, 0.1) is 11.3 Å². The summed E-state index contributed by atoms with van der Waals surface area (Å²) < 4.78 is 10.7. The summed E-state index contributed by atoms with van der Waals surface area (Å²) in [4.78, 5) is 14.6. The molecule has 1 aliphatic carbocycles. The van der Waals surface area contributed by atoms with Crippen LogP contribution < -0.4 is 10.1 Å². The van der Waals surface area contributed by atoms with Gasteiger partial charge in [0.05, 0.1) is 32.0 Å². The number of nitrogens with one attached hydrogen (secondary N) is 1. The standard InChI is InChI=1S/C24H27N3O3/c1-3-26-23-10-9-21(29-2)16-22(23)20(17-25)15-18-5-4-6-19(8-7-18)24(28)27-11-13-30-14-12-27/h5-10,15-16,26H,3-4,11-14H2,1-2H3/b20-15+. The monoisotopic (exact) mass is 405 g/mol. The topological polar surface area (TPSA) is 74.6 Å². The third-order valence-electron chi connectivity index (χ3n) is 5.01. The first-order valence-electron chi connectivity index (χ1n) is 10.2. The van der Waals surface area contributed by atoms with Crippen molar-refractivity contribution < 1.29 is 14.3 Å². The highest BCUT2D eigenvalue weighted by Gasteiger charge is 2.19. The predicted molar refractivity (Wildman–Crippen MR) is 118 cm³/mol. The Labute approximate surface area is 177 Å². The van der Waals surface area contributed by atoms with Crippen LogP contribution in [0.4, 0.5) is 5.69 Å². The number of allylic oxidation sites excluding steroid dienone is 6. The largest absolute Gasteiger partial charge is 0.497 e. The van der Waals surface area contributed by atoms with Crippen molar-refractivity contribution in [2.75, 3.05) is 45.3 Å². The fourth-order valence-electron chi connectivity index (χ4n) is 3.41. The van der Waals surface area contributed by atoms with E-state index in [1.165, 1.54) is 0 Å². The Hall–Kier alpha value is -3.30. The Morgan fingerprint density at radius 3 is 2.80 bits per heavy atom. The molecule has 0 spiro atoms. The van der Waals surface area contributed by atoms with Gasteiger partial charge in [0.2, 0.25) is 0 Å². The van der Waals surface area contributed by atoms with Gasteiger partial charge in [0.1, 0.15) is 5.75 Å². The third kappa shape index (κ3) is 5.19. The second-order valence-corrected chi connectivity index (χ2v) is 6.95. The summed E-state index contributed by atoms with van der Waals surface area (Å²) in [6, 6.07) is 7.95. The zero-order chi connectivity index (χ0) is 21.3. The number of morpholine rings is 1. The van der Waals surface area contributed by atoms with Gasteiger partial charge in [-0.1, -0.05) is 18.2 Å². The number of hydrogen-bond donors (Lipinski definition) is 1. The average Bonchev–Trinajstić information content (AvgIpc) is 3.03. The van der Waals surface area contributed by atoms with Crippen LogP contribution in [0.5, 0.6) is 5.75 Å². The van der Waals surface area contributed by atoms with Crippen molar-refractivity contribution >= 4 is 17.2 Å². The van der Waals surface area contributed by atoms with E-state index in [-0.39, 0.29) is 5.91 Å². The smallest absolute Gasteiger partial charge is 0.253 e. The van der Waals surface area contributed by atoms with Gasteiger partial charge in [0.15, 0.2) is 0 Å². The van der Waals surface area contributed by atoms with Gasteiger partial charge in [0.25, 0.3) is 5.91 Å². The first-order valence-corrected chi connectivity index (χ1v) is 10.2. The molecule has 156 valence electrons. The number of hydrogen-bond acceptors (Lipinski definition) is 5. The van der Waals surface area contributed by atoms with Crippen LogP contribution in [0.3, 0.4) is 0 Å². The normalized spacial score (nSPS) is 16.8. The summed E-state index contributed by atoms with van der Waals surface area (Å²) in [5, 5.41) is 13.1. The molecule has 1 heterocycles. The van der Waals surface area contributed by atoms with Gasteiger partial charge in [-0.05, 0) is 49.3 Å². The molecule has 0 atom stereocenters. The van der Waals surface area contributed by atoms with E-state index >= 15 is 0 Å². The predicted octanol–water partition coefficient (Wildman–Crippen LogP) is 3.71. The van der Waals surface area contributed by atoms with Crippen LogP contribution in [0.2, 0.25) is 0 Å². The fraction of sp³-hybridized carbons (Fsp3) is 0.333. The molecule has 3 rings (SSSR count). The number of ether oxygens (including phenoxy) is 2. The van der Waals surface area contributed by atoms with E-state index < -0.39 is 0 Å². The summed E-state index contributed by atoms with van der Waals surface area (Å²) >= 11 is 0. The third-order valence-corrected chi connectivity index (χ3v) is 5.01. The van der Waals surface area contributed by atoms with Crippen LogP contribution >= 0.6 is 0 Å². The maximum Gasteiger partial charge on any atom is 0.253 e. The highest BCUT2D eigenvalue weighted by atomic mass is 16.5. The van der Waals surface area contributed by atoms with Gasteiger partial charge in [-0.3, -0.25) is 4.79 Å². The van der Waals surface area contributed by atoms with Gasteiger partial charge in [-0.2, -0.15) is 5.26 Å². The Kier molecular flexibility index (Phi) is 7.47. The number of rotatable bonds is 6. The number of nitriles is 1. The van der Waals surface area contributed by atoms with Crippen LogP contribution in [0.25, 0.3) is 5.57 Å². The van der Waals surface area contributed by atoms with Gasteiger partial charge >= 0.3 is 0 Å². The van der Waals surface area contributed by atoms with Crippen molar-refractivity contribution in [2.24, 2.45) is 0 Å². The molecule has 0 unspecified atom stereocenters. The van der Waals surface area contributed by atoms with Crippen molar-refractivity contribution in [3.63, 3.8) is 0 Å². The molecular formula is C24H27N3O3. The number of anilines is 1. The molecule has 2 aliphatic rings. The fourth-order valence-corrected chi connectivity index (χ4v) is 3.41. The van der Waals surface area contributed by atoms with Crippen molar-refractivity contribution in [1.29, 1.82) is 5.26 Å². The SMILES string of the molecule is CCNc1ccc(OC)cc1/C(C#N)=C/C1=CCC=C(C(=O)N2CCOCC2)C=C1. The first-order chi connectivity index (χ1) is 14.7. The van der Waals surface area contributed by atoms with Crippen molar-refractivity contribution in [3.8, 4) is 11.8 Å². The molecule has 1 aliphatic heterocycles. The zero-order valence-corrected chi connectivity index (χ0v) is 17.5. The Morgan fingerprint density at radius 2 is 2.10 bits per heavy atom. The number of amides is 1. The molecule has 6 heteroatoms. The van der Waals surface area contributed by atoms with Crippen molar-refractivity contribution in [2.45, 2.75) is 13.3 Å². The average molecular weight is 405 g/mol. The summed E-state index contributed by atoms with van der Waals surface area (Å²) in [5.41, 5.74) is 3.76. The number of benzene rings is 1. The zero-order valence-electron chi connectivity index (χ0n) is 17.5. The summed E-state index contributed by atoms with van der Waals surface area (Å²) in [5.74, 6) is 0.717. The Bertz CT molecular complexity index is 945. The lowest BCUT2D eigenvalue weighted by atomic mass is 10.0. The lowest BCUT2D eigenvalue weighted by Gasteiger charge is -2.27. The van der Waals surface area contributed by atoms with E-state index in [4.69, 9.17) is 9.47 Å². The number of carbonyl (C=O) groups is 1. The highest BCUT2D eigenvalue weighted by Crippen LogP contribution is 2.29. The second-order valence-electron chi connectivity index (χ2n) is 6.95. The number of nitrogens with zero attached hydrogens (tertiary/aromatic N) is 2. The second kappa shape index (κ2) is 10.5. The van der Waals surface area contributed by atoms with E-state index in [1.807, 2.05) is 60.4 Å². The lowest BCUT2D eigenvalue weighted by Crippen LogP contribution is -2.41. The van der Waals surface area contributed by atoms with Gasteiger partial charge in [0, 0.05) is 36.5 Å². The molecule has 0 saturated carbocycles. The Morgan fingerprint density at radius 1 is 1.30 bits per heavy atom. The number of carbonyl (C=O) groups excluding carboxylic acids is 1. The molecule has 1 aromatic rings. The molecule has 30 heavy (non-hydrogen) atoms. The van der Waals surface area contributed by atoms with Crippen LogP contribution in [-0.4, -0.2) is 50.8 Å². The molecule has 0 aromatic heterocycles. The molecule has 6 nitrogen and oxygen atoms in total. The quantitative estimate of drug-likeness (QED) is 0.731. The van der Waals surface area contributed by atoms with Crippen LogP contribution in [-0.2, 0) is 9.53 Å². The van der Waals surface area contributed by atoms with Crippen molar-refractivity contribution in [3.05, 3.63) is 65.3 Å². The number of methoxy groups -OCH3 is 1. The molecule has 0 bridgehead atoms. The van der Waals surface area contributed by atoms with Gasteiger partial charge in [-0.25, -0.2) is 0 Å². The van der Waals surface area contributed by atoms with E-state index in [0.717, 1.165) is 23.4 Å². The maximum absolute atomic E-state index is 12.7. The molecule has 1 aromatic carbocycles. The minimum Gasteiger partial charge on any atom is -0.497 e. The van der Waals surface area contributed by atoms with E-state index in [9.17, 15) is 10.1 Å². The summed E-state index contributed by atoms with van der Waals surface area (Å²) in [7, 11) is 1.61. The molecule has 1 saturated heterocycles. The molecular weight excluding hydrogens is 378 g/mol. The van der Waals surface area contributed by atoms with Crippen LogP contribution in [0.1, 0.15) is 18.9 Å². The van der Waals surface area contributed by atoms with E-state index in [1.54, 1.807) is 7.11 Å². The Balaban J connectivity index is 1.83. The van der Waals surface area contributed by atoms with E-state index in [2.05, 4.69) is 11.4 Å². The molecule has 0 radical (unpaired) electrons. The van der Waals surface area contributed by atoms with E-state index in [0.29, 0.717) is 49.6 Å². The van der Waals surface area contributed by atoms with Crippen molar-refractivity contribution in [1.82, 2.24) is 4.90 Å². The van der Waals surface area contributed by atoms with Gasteiger partial charge < -0.3 is 19.7 Å².